The first-order valence-electron chi connectivity index (χ1n) is 10.4. The van der Waals surface area contributed by atoms with Crippen molar-refractivity contribution in [3.05, 3.63) is 124 Å². The van der Waals surface area contributed by atoms with Crippen LogP contribution in [0, 0.1) is 0 Å². The summed E-state index contributed by atoms with van der Waals surface area (Å²) in [4.78, 5) is 12.4. The van der Waals surface area contributed by atoms with Gasteiger partial charge in [0.25, 0.3) is 0 Å². The first kappa shape index (κ1) is 21.2. The van der Waals surface area contributed by atoms with Gasteiger partial charge in [-0.1, -0.05) is 60.7 Å². The van der Waals surface area contributed by atoms with Gasteiger partial charge in [0.05, 0.1) is 11.9 Å². The molecule has 4 aromatic rings. The Morgan fingerprint density at radius 1 is 0.656 bits per heavy atom. The third-order valence-corrected chi connectivity index (χ3v) is 5.00. The summed E-state index contributed by atoms with van der Waals surface area (Å²) in [5, 5.41) is 0. The maximum Gasteiger partial charge on any atom is 0.223 e. The molecule has 0 atom stereocenters. The molecule has 0 aliphatic carbocycles. The first-order valence-corrected chi connectivity index (χ1v) is 10.4. The lowest BCUT2D eigenvalue weighted by molar-refractivity contribution is 0.285. The zero-order chi connectivity index (χ0) is 22.2. The fourth-order valence-electron chi connectivity index (χ4n) is 3.16. The lowest BCUT2D eigenvalue weighted by Gasteiger charge is -2.13. The number of benzene rings is 3. The molecule has 0 aliphatic rings. The van der Waals surface area contributed by atoms with Crippen LogP contribution in [0.15, 0.2) is 102 Å². The molecule has 0 unspecified atom stereocenters. The fourth-order valence-corrected chi connectivity index (χ4v) is 3.16. The van der Waals surface area contributed by atoms with E-state index in [4.69, 9.17) is 14.2 Å². The van der Waals surface area contributed by atoms with Crippen LogP contribution in [-0.4, -0.2) is 4.57 Å². The minimum absolute atomic E-state index is 0.165. The summed E-state index contributed by atoms with van der Waals surface area (Å²) in [6.45, 7) is 1.14. The number of hydrogen-bond donors (Lipinski definition) is 0. The molecular formula is C27H25NO4. The molecular weight excluding hydrogens is 402 g/mol. The van der Waals surface area contributed by atoms with Crippen molar-refractivity contribution in [3.63, 3.8) is 0 Å². The van der Waals surface area contributed by atoms with Crippen LogP contribution in [0.25, 0.3) is 0 Å². The Labute approximate surface area is 187 Å². The van der Waals surface area contributed by atoms with E-state index in [1.165, 1.54) is 0 Å². The van der Waals surface area contributed by atoms with Gasteiger partial charge in [0.15, 0.2) is 5.75 Å². The number of pyridine rings is 1. The Bertz CT molecular complexity index is 1190. The second-order valence-electron chi connectivity index (χ2n) is 7.41. The van der Waals surface area contributed by atoms with Crippen molar-refractivity contribution in [2.24, 2.45) is 7.05 Å². The topological polar surface area (TPSA) is 49.7 Å². The van der Waals surface area contributed by atoms with Crippen molar-refractivity contribution in [1.29, 1.82) is 0 Å². The van der Waals surface area contributed by atoms with Crippen molar-refractivity contribution in [1.82, 2.24) is 4.57 Å². The van der Waals surface area contributed by atoms with Crippen molar-refractivity contribution in [2.75, 3.05) is 0 Å². The van der Waals surface area contributed by atoms with Gasteiger partial charge in [-0.2, -0.15) is 0 Å². The van der Waals surface area contributed by atoms with Gasteiger partial charge in [-0.05, 0) is 35.4 Å². The van der Waals surface area contributed by atoms with Gasteiger partial charge in [-0.15, -0.1) is 0 Å². The van der Waals surface area contributed by atoms with Crippen LogP contribution in [-0.2, 0) is 26.9 Å². The summed E-state index contributed by atoms with van der Waals surface area (Å²) >= 11 is 0. The quantitative estimate of drug-likeness (QED) is 0.372. The molecule has 0 spiro atoms. The Balaban J connectivity index is 1.32. The molecule has 0 N–H and O–H groups in total. The predicted molar refractivity (Wildman–Crippen MR) is 124 cm³/mol. The van der Waals surface area contributed by atoms with E-state index < -0.39 is 0 Å². The minimum atomic E-state index is -0.165. The fraction of sp³-hybridized carbons (Fsp3) is 0.148. The van der Waals surface area contributed by atoms with Crippen molar-refractivity contribution in [3.8, 4) is 17.2 Å². The molecule has 0 saturated carbocycles. The molecule has 0 fully saturated rings. The average Bonchev–Trinajstić information content (AvgIpc) is 2.84. The number of ether oxygens (including phenoxy) is 3. The van der Waals surface area contributed by atoms with E-state index in [1.807, 2.05) is 96.5 Å². The first-order chi connectivity index (χ1) is 15.7. The van der Waals surface area contributed by atoms with Gasteiger partial charge >= 0.3 is 0 Å². The van der Waals surface area contributed by atoms with Gasteiger partial charge in [0, 0.05) is 13.1 Å². The molecule has 3 aromatic carbocycles. The molecule has 1 heterocycles. The monoisotopic (exact) mass is 427 g/mol. The second kappa shape index (κ2) is 10.4. The number of rotatable bonds is 9. The Morgan fingerprint density at radius 3 is 1.72 bits per heavy atom. The highest BCUT2D eigenvalue weighted by molar-refractivity contribution is 5.32. The van der Waals surface area contributed by atoms with E-state index in [0.29, 0.717) is 24.7 Å². The van der Waals surface area contributed by atoms with Gasteiger partial charge in [0.1, 0.15) is 31.3 Å². The van der Waals surface area contributed by atoms with Crippen molar-refractivity contribution < 1.29 is 14.2 Å². The van der Waals surface area contributed by atoms with E-state index in [1.54, 1.807) is 12.3 Å². The largest absolute Gasteiger partial charge is 0.489 e. The molecule has 0 bridgehead atoms. The minimum Gasteiger partial charge on any atom is -0.489 e. The summed E-state index contributed by atoms with van der Waals surface area (Å²) < 4.78 is 19.2. The standard InChI is InChI=1S/C27H25NO4/c1-28-17-27(32-19-22-10-6-3-7-11-22)26(29)16-23(28)20-31-25-14-12-24(13-15-25)30-18-21-8-4-2-5-9-21/h2-17H,18-20H2,1H3. The van der Waals surface area contributed by atoms with Gasteiger partial charge in [0.2, 0.25) is 5.43 Å². The normalized spacial score (nSPS) is 10.5. The predicted octanol–water partition coefficient (Wildman–Crippen LogP) is 5.12. The molecule has 5 nitrogen and oxygen atoms in total. The summed E-state index contributed by atoms with van der Waals surface area (Å²) in [5.41, 5.74) is 2.72. The Hall–Kier alpha value is -3.99. The highest BCUT2D eigenvalue weighted by Gasteiger charge is 2.07. The molecule has 1 aromatic heterocycles. The van der Waals surface area contributed by atoms with E-state index in [2.05, 4.69) is 0 Å². The smallest absolute Gasteiger partial charge is 0.223 e. The van der Waals surface area contributed by atoms with Crippen LogP contribution in [0.4, 0.5) is 0 Å². The molecule has 5 heteroatoms. The number of aromatic nitrogens is 1. The third-order valence-electron chi connectivity index (χ3n) is 5.00. The lowest BCUT2D eigenvalue weighted by atomic mass is 10.2. The van der Waals surface area contributed by atoms with Crippen molar-refractivity contribution in [2.45, 2.75) is 19.8 Å². The van der Waals surface area contributed by atoms with Crippen molar-refractivity contribution >= 4 is 0 Å². The Morgan fingerprint density at radius 2 is 1.16 bits per heavy atom. The average molecular weight is 428 g/mol. The molecule has 32 heavy (non-hydrogen) atoms. The van der Waals surface area contributed by atoms with E-state index in [0.717, 1.165) is 22.6 Å². The van der Waals surface area contributed by atoms with Gasteiger partial charge in [-0.25, -0.2) is 0 Å². The molecule has 4 rings (SSSR count). The van der Waals surface area contributed by atoms with Crippen LogP contribution in [0.3, 0.4) is 0 Å². The zero-order valence-corrected chi connectivity index (χ0v) is 17.9. The molecule has 0 radical (unpaired) electrons. The van der Waals surface area contributed by atoms with Crippen LogP contribution < -0.4 is 19.6 Å². The summed E-state index contributed by atoms with van der Waals surface area (Å²) in [5.74, 6) is 1.79. The number of hydrogen-bond acceptors (Lipinski definition) is 4. The summed E-state index contributed by atoms with van der Waals surface area (Å²) in [6.07, 6.45) is 1.70. The molecule has 0 amide bonds. The van der Waals surface area contributed by atoms with E-state index >= 15 is 0 Å². The Kier molecular flexibility index (Phi) is 6.88. The SMILES string of the molecule is Cn1cc(OCc2ccccc2)c(=O)cc1COc1ccc(OCc2ccccc2)cc1. The lowest BCUT2D eigenvalue weighted by Crippen LogP contribution is -2.15. The van der Waals surface area contributed by atoms with Gasteiger partial charge in [-0.3, -0.25) is 4.79 Å². The zero-order valence-electron chi connectivity index (χ0n) is 17.9. The van der Waals surface area contributed by atoms with Crippen LogP contribution in [0.2, 0.25) is 0 Å². The summed E-state index contributed by atoms with van der Waals surface area (Å²) in [6, 6.07) is 28.8. The molecule has 162 valence electrons. The van der Waals surface area contributed by atoms with Crippen LogP contribution >= 0.6 is 0 Å². The second-order valence-corrected chi connectivity index (χ2v) is 7.41. The highest BCUT2D eigenvalue weighted by Crippen LogP contribution is 2.20. The van der Waals surface area contributed by atoms with Crippen LogP contribution in [0.1, 0.15) is 16.8 Å². The third kappa shape index (κ3) is 5.79. The van der Waals surface area contributed by atoms with Gasteiger partial charge < -0.3 is 18.8 Å². The van der Waals surface area contributed by atoms with E-state index in [9.17, 15) is 4.79 Å². The number of nitrogens with zero attached hydrogens (tertiary/aromatic N) is 1. The molecule has 0 saturated heterocycles. The van der Waals surface area contributed by atoms with Crippen LogP contribution in [0.5, 0.6) is 17.2 Å². The highest BCUT2D eigenvalue weighted by atomic mass is 16.5. The maximum absolute atomic E-state index is 12.4. The maximum atomic E-state index is 12.4. The summed E-state index contributed by atoms with van der Waals surface area (Å²) in [7, 11) is 1.87. The number of aryl methyl sites for hydroxylation is 1. The molecule has 0 aliphatic heterocycles. The van der Waals surface area contributed by atoms with E-state index in [-0.39, 0.29) is 12.0 Å².